The van der Waals surface area contributed by atoms with Gasteiger partial charge in [-0.2, -0.15) is 0 Å². The number of hydrogen-bond acceptors (Lipinski definition) is 5. The molecule has 2 saturated heterocycles. The van der Waals surface area contributed by atoms with Crippen LogP contribution in [0, 0.1) is 5.41 Å². The predicted octanol–water partition coefficient (Wildman–Crippen LogP) is -1.80. The monoisotopic (exact) mass is 298 g/mol. The highest BCUT2D eigenvalue weighted by molar-refractivity contribution is 5.94. The molecule has 8 heteroatoms. The van der Waals surface area contributed by atoms with Gasteiger partial charge in [-0.3, -0.25) is 19.8 Å². The summed E-state index contributed by atoms with van der Waals surface area (Å²) in [5.41, 5.74) is 7.49. The zero-order valence-corrected chi connectivity index (χ0v) is 12.3. The third-order valence-electron chi connectivity index (χ3n) is 4.31. The van der Waals surface area contributed by atoms with Gasteiger partial charge in [-0.1, -0.05) is 0 Å². The van der Waals surface area contributed by atoms with Crippen molar-refractivity contribution in [3.63, 3.8) is 0 Å². The first-order valence-corrected chi connectivity index (χ1v) is 7.07. The number of nitrogens with zero attached hydrogens (tertiary/aromatic N) is 2. The molecule has 2 heterocycles. The second kappa shape index (κ2) is 5.61. The van der Waals surface area contributed by atoms with Crippen molar-refractivity contribution in [2.45, 2.75) is 38.8 Å². The van der Waals surface area contributed by atoms with Gasteiger partial charge >= 0.3 is 0 Å². The molecule has 0 aromatic carbocycles. The Morgan fingerprint density at radius 1 is 1.38 bits per heavy atom. The molecular weight excluding hydrogens is 276 g/mol. The maximum absolute atomic E-state index is 12.4. The number of primary amides is 1. The number of rotatable bonds is 4. The summed E-state index contributed by atoms with van der Waals surface area (Å²) >= 11 is 0. The van der Waals surface area contributed by atoms with E-state index < -0.39 is 23.5 Å². The molecule has 21 heavy (non-hydrogen) atoms. The van der Waals surface area contributed by atoms with Crippen LogP contribution in [0.2, 0.25) is 0 Å². The number of nitrogens with one attached hydrogen (secondary N) is 1. The van der Waals surface area contributed by atoms with Gasteiger partial charge in [-0.05, 0) is 19.8 Å². The van der Waals surface area contributed by atoms with Crippen molar-refractivity contribution < 1.29 is 19.5 Å². The highest BCUT2D eigenvalue weighted by Gasteiger charge is 2.56. The Hall–Kier alpha value is -1.67. The van der Waals surface area contributed by atoms with Crippen molar-refractivity contribution in [2.75, 3.05) is 19.6 Å². The van der Waals surface area contributed by atoms with Crippen LogP contribution in [0.5, 0.6) is 0 Å². The summed E-state index contributed by atoms with van der Waals surface area (Å²) in [4.78, 5) is 36.2. The van der Waals surface area contributed by atoms with Gasteiger partial charge in [-0.25, -0.2) is 5.01 Å². The molecule has 1 spiro atoms. The number of hydrogen-bond donors (Lipinski definition) is 3. The molecule has 0 bridgehead atoms. The van der Waals surface area contributed by atoms with Gasteiger partial charge in [-0.15, -0.1) is 0 Å². The summed E-state index contributed by atoms with van der Waals surface area (Å²) in [6.45, 7) is 4.51. The van der Waals surface area contributed by atoms with Crippen LogP contribution in [0.25, 0.3) is 0 Å². The number of amides is 3. The van der Waals surface area contributed by atoms with E-state index in [-0.39, 0.29) is 11.8 Å². The Morgan fingerprint density at radius 3 is 2.33 bits per heavy atom. The predicted molar refractivity (Wildman–Crippen MR) is 73.4 cm³/mol. The fourth-order valence-electron chi connectivity index (χ4n) is 3.20. The van der Waals surface area contributed by atoms with E-state index in [1.54, 1.807) is 5.01 Å². The molecule has 0 aliphatic carbocycles. The van der Waals surface area contributed by atoms with E-state index in [4.69, 9.17) is 5.73 Å². The van der Waals surface area contributed by atoms with E-state index in [2.05, 4.69) is 5.43 Å². The molecule has 8 nitrogen and oxygen atoms in total. The third-order valence-corrected chi connectivity index (χ3v) is 4.31. The molecular formula is C13H22N4O4. The molecule has 0 unspecified atom stereocenters. The molecule has 2 fully saturated rings. The van der Waals surface area contributed by atoms with E-state index in [1.165, 1.54) is 18.7 Å². The Kier molecular flexibility index (Phi) is 4.20. The van der Waals surface area contributed by atoms with Gasteiger partial charge in [0.25, 0.3) is 0 Å². The molecule has 0 radical (unpaired) electrons. The Bertz CT molecular complexity index is 457. The molecule has 0 saturated carbocycles. The number of β-lactam (4-membered cyclic amide) rings is 1. The molecule has 0 aromatic heterocycles. The minimum absolute atomic E-state index is 0.129. The Balaban J connectivity index is 1.96. The van der Waals surface area contributed by atoms with Crippen molar-refractivity contribution in [3.8, 4) is 0 Å². The first-order valence-electron chi connectivity index (χ1n) is 7.07. The van der Waals surface area contributed by atoms with Crippen LogP contribution >= 0.6 is 0 Å². The maximum Gasteiger partial charge on any atom is 0.242 e. The zero-order valence-electron chi connectivity index (χ0n) is 12.3. The highest BCUT2D eigenvalue weighted by atomic mass is 16.3. The lowest BCUT2D eigenvalue weighted by Crippen LogP contribution is -2.71. The van der Waals surface area contributed by atoms with Crippen LogP contribution in [0.4, 0.5) is 0 Å². The fraction of sp³-hybridized carbons (Fsp3) is 0.769. The van der Waals surface area contributed by atoms with Crippen molar-refractivity contribution in [1.82, 2.24) is 15.3 Å². The lowest BCUT2D eigenvalue weighted by atomic mass is 9.70. The largest absolute Gasteiger partial charge is 0.391 e. The number of piperidine rings is 1. The number of aliphatic hydroxyl groups is 1. The summed E-state index contributed by atoms with van der Waals surface area (Å²) in [5, 5.41) is 11.4. The maximum atomic E-state index is 12.4. The Labute approximate surface area is 123 Å². The molecule has 3 amide bonds. The number of carbonyl (C=O) groups is 3. The minimum Gasteiger partial charge on any atom is -0.391 e. The Morgan fingerprint density at radius 2 is 1.95 bits per heavy atom. The lowest BCUT2D eigenvalue weighted by Gasteiger charge is -2.54. The molecule has 118 valence electrons. The average Bonchev–Trinajstić information content (AvgIpc) is 2.38. The first-order chi connectivity index (χ1) is 9.77. The number of nitrogens with two attached hydrogens (primary N) is 1. The first kappa shape index (κ1) is 15.7. The van der Waals surface area contributed by atoms with E-state index in [0.717, 1.165) is 0 Å². The summed E-state index contributed by atoms with van der Waals surface area (Å²) in [6.07, 6.45) is 0.255. The number of hydrazine groups is 1. The minimum atomic E-state index is -0.983. The quantitative estimate of drug-likeness (QED) is 0.529. The van der Waals surface area contributed by atoms with Gasteiger partial charge < -0.3 is 15.7 Å². The van der Waals surface area contributed by atoms with Crippen molar-refractivity contribution in [1.29, 1.82) is 0 Å². The van der Waals surface area contributed by atoms with Crippen molar-refractivity contribution >= 4 is 17.7 Å². The number of likely N-dealkylation sites (tertiary alicyclic amines) is 1. The molecule has 2 atom stereocenters. The van der Waals surface area contributed by atoms with Crippen LogP contribution < -0.4 is 11.2 Å². The van der Waals surface area contributed by atoms with E-state index in [9.17, 15) is 19.5 Å². The summed E-state index contributed by atoms with van der Waals surface area (Å²) < 4.78 is 0. The van der Waals surface area contributed by atoms with Gasteiger partial charge in [0.1, 0.15) is 6.04 Å². The van der Waals surface area contributed by atoms with E-state index >= 15 is 0 Å². The topological polar surface area (TPSA) is 116 Å². The number of carbonyl (C=O) groups excluding carboxylic acids is 3. The summed E-state index contributed by atoms with van der Waals surface area (Å²) in [5.74, 6) is -0.950. The van der Waals surface area contributed by atoms with Gasteiger partial charge in [0.2, 0.25) is 17.7 Å². The highest BCUT2D eigenvalue weighted by Crippen LogP contribution is 2.42. The van der Waals surface area contributed by atoms with Gasteiger partial charge in [0, 0.05) is 26.6 Å². The fourth-order valence-corrected chi connectivity index (χ4v) is 3.20. The third kappa shape index (κ3) is 2.86. The zero-order chi connectivity index (χ0) is 15.8. The van der Waals surface area contributed by atoms with Crippen LogP contribution in [0.15, 0.2) is 0 Å². The van der Waals surface area contributed by atoms with Crippen LogP contribution in [0.3, 0.4) is 0 Å². The molecule has 2 aliphatic heterocycles. The molecule has 4 N–H and O–H groups in total. The second-order valence-corrected chi connectivity index (χ2v) is 5.96. The normalized spacial score (nSPS) is 24.3. The SMILES string of the molecule is CC(=O)NN1CCC2(CC1)CN([C@H](C(N)=O)[C@@H](C)O)C2=O. The number of aliphatic hydroxyl groups excluding tert-OH is 1. The van der Waals surface area contributed by atoms with Crippen molar-refractivity contribution in [3.05, 3.63) is 0 Å². The van der Waals surface area contributed by atoms with Crippen LogP contribution in [-0.4, -0.2) is 64.5 Å². The van der Waals surface area contributed by atoms with E-state index in [1.807, 2.05) is 0 Å². The van der Waals surface area contributed by atoms with Gasteiger partial charge in [0.05, 0.1) is 11.5 Å². The molecule has 0 aromatic rings. The smallest absolute Gasteiger partial charge is 0.242 e. The van der Waals surface area contributed by atoms with Crippen molar-refractivity contribution in [2.24, 2.45) is 11.1 Å². The van der Waals surface area contributed by atoms with E-state index in [0.29, 0.717) is 32.5 Å². The lowest BCUT2D eigenvalue weighted by molar-refractivity contribution is -0.177. The van der Waals surface area contributed by atoms with Crippen LogP contribution in [-0.2, 0) is 14.4 Å². The molecule has 2 aliphatic rings. The average molecular weight is 298 g/mol. The van der Waals surface area contributed by atoms with Gasteiger partial charge in [0.15, 0.2) is 0 Å². The summed E-state index contributed by atoms with van der Waals surface area (Å²) in [7, 11) is 0. The standard InChI is InChI=1S/C13H22N4O4/c1-8(18)10(11(14)20)17-7-13(12(17)21)3-5-16(6-4-13)15-9(2)19/h8,10,18H,3-7H2,1-2H3,(H2,14,20)(H,15,19)/t8-,10+/m1/s1. The second-order valence-electron chi connectivity index (χ2n) is 5.96. The summed E-state index contributed by atoms with van der Waals surface area (Å²) in [6, 6.07) is -0.962. The molecule has 2 rings (SSSR count). The van der Waals surface area contributed by atoms with Crippen LogP contribution in [0.1, 0.15) is 26.7 Å².